The first-order chi connectivity index (χ1) is 8.46. The highest BCUT2D eigenvalue weighted by atomic mass is 32.2. The number of rotatable bonds is 3. The third kappa shape index (κ3) is 3.68. The molecule has 1 amide bonds. The molecule has 1 aliphatic heterocycles. The summed E-state index contributed by atoms with van der Waals surface area (Å²) in [5, 5.41) is 2.89. The van der Waals surface area contributed by atoms with Crippen molar-refractivity contribution in [2.75, 3.05) is 18.1 Å². The Hall–Kier alpha value is -0.620. The van der Waals surface area contributed by atoms with Crippen molar-refractivity contribution < 1.29 is 13.2 Å². The Morgan fingerprint density at radius 1 is 1.28 bits per heavy atom. The molecule has 2 fully saturated rings. The van der Waals surface area contributed by atoms with Gasteiger partial charge in [0.15, 0.2) is 9.84 Å². The van der Waals surface area contributed by atoms with Gasteiger partial charge in [0.05, 0.1) is 17.4 Å². The zero-order valence-corrected chi connectivity index (χ0v) is 11.4. The lowest BCUT2D eigenvalue weighted by atomic mass is 9.86. The molecule has 0 radical (unpaired) electrons. The third-order valence-corrected chi connectivity index (χ3v) is 5.76. The Morgan fingerprint density at radius 3 is 2.67 bits per heavy atom. The summed E-state index contributed by atoms with van der Waals surface area (Å²) in [4.78, 5) is 11.9. The maximum atomic E-state index is 11.9. The van der Waals surface area contributed by atoms with Gasteiger partial charge in [-0.15, -0.1) is 0 Å². The van der Waals surface area contributed by atoms with Gasteiger partial charge >= 0.3 is 0 Å². The Bertz CT molecular complexity index is 408. The summed E-state index contributed by atoms with van der Waals surface area (Å²) in [6, 6.07) is 0.257. The van der Waals surface area contributed by atoms with Crippen LogP contribution < -0.4 is 11.1 Å². The third-order valence-electron chi connectivity index (χ3n) is 3.99. The Morgan fingerprint density at radius 2 is 2.06 bits per heavy atom. The lowest BCUT2D eigenvalue weighted by molar-refractivity contribution is -0.124. The maximum Gasteiger partial charge on any atom is 0.224 e. The first kappa shape index (κ1) is 13.8. The van der Waals surface area contributed by atoms with E-state index in [4.69, 9.17) is 5.73 Å². The predicted octanol–water partition coefficient (Wildman–Crippen LogP) is 0.0548. The second-order valence-electron chi connectivity index (χ2n) is 5.64. The number of hydrogen-bond acceptors (Lipinski definition) is 4. The number of carbonyl (C=O) groups excluding carboxylic acids is 1. The lowest BCUT2D eigenvalue weighted by Gasteiger charge is -2.27. The van der Waals surface area contributed by atoms with Gasteiger partial charge in [-0.25, -0.2) is 8.42 Å². The van der Waals surface area contributed by atoms with Crippen LogP contribution in [0.1, 0.15) is 32.1 Å². The van der Waals surface area contributed by atoms with Crippen LogP contribution in [0.3, 0.4) is 0 Å². The van der Waals surface area contributed by atoms with Gasteiger partial charge < -0.3 is 11.1 Å². The first-order valence-corrected chi connectivity index (χ1v) is 8.52. The lowest BCUT2D eigenvalue weighted by Crippen LogP contribution is -2.38. The van der Waals surface area contributed by atoms with Gasteiger partial charge in [0.25, 0.3) is 0 Å². The smallest absolute Gasteiger partial charge is 0.224 e. The topological polar surface area (TPSA) is 89.3 Å². The van der Waals surface area contributed by atoms with Crippen molar-refractivity contribution in [1.29, 1.82) is 0 Å². The van der Waals surface area contributed by atoms with E-state index < -0.39 is 9.84 Å². The minimum absolute atomic E-state index is 0.0169. The zero-order valence-electron chi connectivity index (χ0n) is 10.6. The number of amides is 1. The standard InChI is InChI=1S/C12H22N2O3S/c13-11-3-1-2-9(6-11)7-14-12(15)10-4-5-18(16,17)8-10/h9-11H,1-8,13H2,(H,14,15). The van der Waals surface area contributed by atoms with Gasteiger partial charge in [0.2, 0.25) is 5.91 Å². The average molecular weight is 274 g/mol. The second-order valence-corrected chi connectivity index (χ2v) is 7.87. The van der Waals surface area contributed by atoms with Crippen molar-refractivity contribution in [1.82, 2.24) is 5.32 Å². The van der Waals surface area contributed by atoms with Gasteiger partial charge in [-0.1, -0.05) is 6.42 Å². The van der Waals surface area contributed by atoms with E-state index in [1.165, 1.54) is 0 Å². The van der Waals surface area contributed by atoms with E-state index in [9.17, 15) is 13.2 Å². The molecule has 104 valence electrons. The molecule has 1 saturated carbocycles. The van der Waals surface area contributed by atoms with E-state index in [0.29, 0.717) is 18.9 Å². The molecule has 0 aromatic heterocycles. The largest absolute Gasteiger partial charge is 0.356 e. The molecule has 18 heavy (non-hydrogen) atoms. The Balaban J connectivity index is 1.75. The molecule has 2 aliphatic rings. The fraction of sp³-hybridized carbons (Fsp3) is 0.917. The second kappa shape index (κ2) is 5.57. The summed E-state index contributed by atoms with van der Waals surface area (Å²) < 4.78 is 22.6. The van der Waals surface area contributed by atoms with E-state index in [2.05, 4.69) is 5.32 Å². The van der Waals surface area contributed by atoms with Crippen LogP contribution in [0.15, 0.2) is 0 Å². The minimum Gasteiger partial charge on any atom is -0.356 e. The number of hydrogen-bond donors (Lipinski definition) is 2. The summed E-state index contributed by atoms with van der Waals surface area (Å²) in [6.45, 7) is 0.642. The van der Waals surface area contributed by atoms with Crippen LogP contribution >= 0.6 is 0 Å². The maximum absolute atomic E-state index is 11.9. The molecule has 3 atom stereocenters. The van der Waals surface area contributed by atoms with Crippen molar-refractivity contribution >= 4 is 15.7 Å². The van der Waals surface area contributed by atoms with Gasteiger partial charge in [-0.3, -0.25) is 4.79 Å². The molecule has 0 spiro atoms. The van der Waals surface area contributed by atoms with Crippen molar-refractivity contribution in [3.8, 4) is 0 Å². The number of nitrogens with one attached hydrogen (secondary N) is 1. The van der Waals surface area contributed by atoms with Crippen LogP contribution in [0.2, 0.25) is 0 Å². The Kier molecular flexibility index (Phi) is 4.27. The van der Waals surface area contributed by atoms with E-state index in [1.54, 1.807) is 0 Å². The van der Waals surface area contributed by atoms with Crippen LogP contribution in [0.25, 0.3) is 0 Å². The molecule has 6 heteroatoms. The molecule has 1 aliphatic carbocycles. The first-order valence-electron chi connectivity index (χ1n) is 6.70. The fourth-order valence-electron chi connectivity index (χ4n) is 2.91. The highest BCUT2D eigenvalue weighted by molar-refractivity contribution is 7.91. The molecule has 1 saturated heterocycles. The van der Waals surface area contributed by atoms with Gasteiger partial charge in [-0.2, -0.15) is 0 Å². The van der Waals surface area contributed by atoms with E-state index in [1.807, 2.05) is 0 Å². The summed E-state index contributed by atoms with van der Waals surface area (Å²) >= 11 is 0. The van der Waals surface area contributed by atoms with Crippen molar-refractivity contribution in [2.24, 2.45) is 17.6 Å². The van der Waals surface area contributed by atoms with Crippen LogP contribution in [-0.4, -0.2) is 38.4 Å². The van der Waals surface area contributed by atoms with Crippen LogP contribution in [0, 0.1) is 11.8 Å². The summed E-state index contributed by atoms with van der Waals surface area (Å²) in [6.07, 6.45) is 4.74. The number of carbonyl (C=O) groups is 1. The van der Waals surface area contributed by atoms with Crippen molar-refractivity contribution in [2.45, 2.75) is 38.1 Å². The van der Waals surface area contributed by atoms with Crippen LogP contribution in [-0.2, 0) is 14.6 Å². The highest BCUT2D eigenvalue weighted by Gasteiger charge is 2.33. The van der Waals surface area contributed by atoms with Gasteiger partial charge in [0.1, 0.15) is 0 Å². The number of sulfone groups is 1. The van der Waals surface area contributed by atoms with Crippen molar-refractivity contribution in [3.05, 3.63) is 0 Å². The van der Waals surface area contributed by atoms with Gasteiger partial charge in [-0.05, 0) is 31.6 Å². The minimum atomic E-state index is -2.97. The molecule has 0 bridgehead atoms. The molecule has 0 aromatic carbocycles. The van der Waals surface area contributed by atoms with Crippen LogP contribution in [0.4, 0.5) is 0 Å². The van der Waals surface area contributed by atoms with E-state index >= 15 is 0 Å². The molecule has 3 unspecified atom stereocenters. The average Bonchev–Trinajstić information content (AvgIpc) is 2.67. The fourth-order valence-corrected chi connectivity index (χ4v) is 4.65. The summed E-state index contributed by atoms with van der Waals surface area (Å²) in [5.41, 5.74) is 5.90. The predicted molar refractivity (Wildman–Crippen MR) is 69.7 cm³/mol. The molecule has 5 nitrogen and oxygen atoms in total. The normalized spacial score (nSPS) is 35.3. The summed E-state index contributed by atoms with van der Waals surface area (Å²) in [5.74, 6) is 0.181. The quantitative estimate of drug-likeness (QED) is 0.761. The molecular weight excluding hydrogens is 252 g/mol. The van der Waals surface area contributed by atoms with Crippen LogP contribution in [0.5, 0.6) is 0 Å². The highest BCUT2D eigenvalue weighted by Crippen LogP contribution is 2.23. The zero-order chi connectivity index (χ0) is 13.2. The molecule has 3 N–H and O–H groups in total. The monoisotopic (exact) mass is 274 g/mol. The van der Waals surface area contributed by atoms with Gasteiger partial charge in [0, 0.05) is 12.6 Å². The molecule has 2 rings (SSSR count). The summed E-state index contributed by atoms with van der Waals surface area (Å²) in [7, 11) is -2.97. The van der Waals surface area contributed by atoms with Crippen molar-refractivity contribution in [3.63, 3.8) is 0 Å². The SMILES string of the molecule is NC1CCCC(CNC(=O)C2CCS(=O)(=O)C2)C1. The van der Waals surface area contributed by atoms with E-state index in [-0.39, 0.29) is 29.4 Å². The molecular formula is C12H22N2O3S. The Labute approximate surface area is 108 Å². The molecule has 1 heterocycles. The van der Waals surface area contributed by atoms with E-state index in [0.717, 1.165) is 25.7 Å². The number of nitrogens with two attached hydrogens (primary N) is 1. The molecule has 0 aromatic rings.